The summed E-state index contributed by atoms with van der Waals surface area (Å²) in [5.41, 5.74) is 0.463. The number of nitrogens with two attached hydrogens (primary N) is 1. The molecule has 1 aliphatic heterocycles. The van der Waals surface area contributed by atoms with Gasteiger partial charge in [-0.1, -0.05) is 6.08 Å². The number of hydrogen-bond donors (Lipinski definition) is 3. The number of carbonyl (C=O) groups is 2. The Morgan fingerprint density at radius 2 is 2.14 bits per heavy atom. The van der Waals surface area contributed by atoms with Crippen LogP contribution in [0.15, 0.2) is 21.7 Å². The van der Waals surface area contributed by atoms with Crippen LogP contribution in [0, 0.1) is 0 Å². The van der Waals surface area contributed by atoms with Crippen molar-refractivity contribution in [2.45, 2.75) is 25.7 Å². The zero-order valence-corrected chi connectivity index (χ0v) is 10.8. The Hall–Kier alpha value is -2.82. The third kappa shape index (κ3) is 2.72. The zero-order valence-electron chi connectivity index (χ0n) is 10.8. The summed E-state index contributed by atoms with van der Waals surface area (Å²) in [6.45, 7) is -0.0723. The Kier molecular flexibility index (Phi) is 3.93. The molecule has 21 heavy (non-hydrogen) atoms. The molecule has 2 rings (SSSR count). The number of hydrazine groups is 1. The summed E-state index contributed by atoms with van der Waals surface area (Å²) in [6, 6.07) is 0. The Balaban J connectivity index is 2.37. The van der Waals surface area contributed by atoms with E-state index in [1.165, 1.54) is 12.2 Å². The predicted molar refractivity (Wildman–Crippen MR) is 67.2 cm³/mol. The molecule has 0 saturated carbocycles. The van der Waals surface area contributed by atoms with Crippen molar-refractivity contribution in [3.05, 3.63) is 33.1 Å². The van der Waals surface area contributed by atoms with E-state index in [1.54, 1.807) is 0 Å². The SMILES string of the molecule is NNC(=O)CCn1c(=O)n2n(c1=O)C(OC(=O)O)C=CC2. The van der Waals surface area contributed by atoms with Crippen molar-refractivity contribution in [2.75, 3.05) is 0 Å². The molecular weight excluding hydrogens is 286 g/mol. The minimum absolute atomic E-state index is 0.101. The van der Waals surface area contributed by atoms with Crippen LogP contribution in [0.2, 0.25) is 0 Å². The highest BCUT2D eigenvalue weighted by atomic mass is 16.7. The zero-order chi connectivity index (χ0) is 15.6. The number of nitrogens with one attached hydrogen (secondary N) is 1. The summed E-state index contributed by atoms with van der Waals surface area (Å²) >= 11 is 0. The van der Waals surface area contributed by atoms with Gasteiger partial charge in [0.2, 0.25) is 12.1 Å². The lowest BCUT2D eigenvalue weighted by atomic mass is 10.4. The fourth-order valence-electron chi connectivity index (χ4n) is 1.98. The van der Waals surface area contributed by atoms with E-state index in [0.29, 0.717) is 0 Å². The topological polar surface area (TPSA) is 151 Å². The number of carbonyl (C=O) groups excluding carboxylic acids is 1. The Labute approximate surface area is 116 Å². The summed E-state index contributed by atoms with van der Waals surface area (Å²) in [6.07, 6.45) is -0.0982. The third-order valence-electron chi connectivity index (χ3n) is 2.90. The van der Waals surface area contributed by atoms with Gasteiger partial charge in [0.05, 0.1) is 6.54 Å². The summed E-state index contributed by atoms with van der Waals surface area (Å²) in [5.74, 6) is 4.38. The first-order valence-electron chi connectivity index (χ1n) is 5.93. The largest absolute Gasteiger partial charge is 0.508 e. The van der Waals surface area contributed by atoms with Gasteiger partial charge in [0, 0.05) is 13.0 Å². The van der Waals surface area contributed by atoms with Gasteiger partial charge in [0.15, 0.2) is 0 Å². The van der Waals surface area contributed by atoms with E-state index < -0.39 is 29.7 Å². The van der Waals surface area contributed by atoms with E-state index in [-0.39, 0.29) is 19.5 Å². The Morgan fingerprint density at radius 1 is 1.43 bits per heavy atom. The second-order valence-electron chi connectivity index (χ2n) is 4.16. The second kappa shape index (κ2) is 5.66. The molecule has 11 heteroatoms. The molecule has 0 aliphatic carbocycles. The summed E-state index contributed by atoms with van der Waals surface area (Å²) in [4.78, 5) is 45.9. The average Bonchev–Trinajstić information content (AvgIpc) is 2.69. The molecule has 0 aromatic carbocycles. The number of hydrogen-bond acceptors (Lipinski definition) is 6. The van der Waals surface area contributed by atoms with Gasteiger partial charge >= 0.3 is 17.5 Å². The fourth-order valence-corrected chi connectivity index (χ4v) is 1.98. The van der Waals surface area contributed by atoms with Crippen LogP contribution >= 0.6 is 0 Å². The maximum absolute atomic E-state index is 12.2. The first kappa shape index (κ1) is 14.6. The smallest absolute Gasteiger partial charge is 0.450 e. The first-order chi connectivity index (χ1) is 9.95. The van der Waals surface area contributed by atoms with Gasteiger partial charge in [0.25, 0.3) is 0 Å². The van der Waals surface area contributed by atoms with Crippen molar-refractivity contribution < 1.29 is 19.4 Å². The molecule has 114 valence electrons. The standard InChI is InChI=1S/C10H13N5O6/c11-12-6(16)3-5-13-8(17)14-4-1-2-7(21-10(19)20)15(14)9(13)18/h1-2,7H,3-5,11H2,(H,12,16)(H,19,20). The molecule has 0 saturated heterocycles. The highest BCUT2D eigenvalue weighted by Crippen LogP contribution is 2.11. The van der Waals surface area contributed by atoms with Crippen molar-refractivity contribution in [3.63, 3.8) is 0 Å². The maximum Gasteiger partial charge on any atom is 0.508 e. The van der Waals surface area contributed by atoms with Crippen LogP contribution in [0.5, 0.6) is 0 Å². The minimum atomic E-state index is -1.58. The number of rotatable bonds is 4. The van der Waals surface area contributed by atoms with Crippen LogP contribution < -0.4 is 22.6 Å². The lowest BCUT2D eigenvalue weighted by Crippen LogP contribution is -2.35. The van der Waals surface area contributed by atoms with Crippen molar-refractivity contribution in [1.29, 1.82) is 0 Å². The number of aromatic nitrogens is 3. The lowest BCUT2D eigenvalue weighted by Gasteiger charge is -2.18. The van der Waals surface area contributed by atoms with Gasteiger partial charge < -0.3 is 9.84 Å². The summed E-state index contributed by atoms with van der Waals surface area (Å²) in [5, 5.41) is 8.63. The van der Waals surface area contributed by atoms with Crippen molar-refractivity contribution in [1.82, 2.24) is 19.4 Å². The minimum Gasteiger partial charge on any atom is -0.450 e. The van der Waals surface area contributed by atoms with Gasteiger partial charge in [-0.15, -0.1) is 0 Å². The van der Waals surface area contributed by atoms with E-state index in [9.17, 15) is 19.2 Å². The number of amides is 1. The predicted octanol–water partition coefficient (Wildman–Crippen LogP) is -2.05. The Bertz CT molecular complexity index is 711. The van der Waals surface area contributed by atoms with Crippen LogP contribution in [0.4, 0.5) is 4.79 Å². The number of allylic oxidation sites excluding steroid dienone is 1. The Morgan fingerprint density at radius 3 is 2.76 bits per heavy atom. The summed E-state index contributed by atoms with van der Waals surface area (Å²) in [7, 11) is 0. The van der Waals surface area contributed by atoms with Crippen LogP contribution in [-0.4, -0.2) is 31.1 Å². The van der Waals surface area contributed by atoms with Crippen LogP contribution in [0.25, 0.3) is 0 Å². The maximum atomic E-state index is 12.2. The molecule has 1 aromatic rings. The molecular formula is C10H13N5O6. The average molecular weight is 299 g/mol. The quantitative estimate of drug-likeness (QED) is 0.190. The van der Waals surface area contributed by atoms with Crippen LogP contribution in [-0.2, 0) is 22.6 Å². The lowest BCUT2D eigenvalue weighted by molar-refractivity contribution is -0.121. The molecule has 1 amide bonds. The van der Waals surface area contributed by atoms with Crippen molar-refractivity contribution >= 4 is 12.1 Å². The number of fused-ring (bicyclic) bond motifs is 1. The van der Waals surface area contributed by atoms with E-state index >= 15 is 0 Å². The number of nitrogens with zero attached hydrogens (tertiary/aromatic N) is 3. The van der Waals surface area contributed by atoms with E-state index in [1.807, 2.05) is 5.43 Å². The molecule has 1 atom stereocenters. The number of ether oxygens (including phenoxy) is 1. The van der Waals surface area contributed by atoms with E-state index in [2.05, 4.69) is 4.74 Å². The third-order valence-corrected chi connectivity index (χ3v) is 2.90. The molecule has 0 bridgehead atoms. The van der Waals surface area contributed by atoms with Gasteiger partial charge in [0.1, 0.15) is 0 Å². The molecule has 2 heterocycles. The molecule has 0 radical (unpaired) electrons. The van der Waals surface area contributed by atoms with Gasteiger partial charge in [-0.3, -0.25) is 10.2 Å². The monoisotopic (exact) mass is 299 g/mol. The first-order valence-corrected chi connectivity index (χ1v) is 5.93. The normalized spacial score (nSPS) is 16.3. The van der Waals surface area contributed by atoms with E-state index in [4.69, 9.17) is 10.9 Å². The molecule has 0 spiro atoms. The van der Waals surface area contributed by atoms with Gasteiger partial charge in [-0.05, 0) is 6.08 Å². The molecule has 1 unspecified atom stereocenters. The van der Waals surface area contributed by atoms with Crippen LogP contribution in [0.3, 0.4) is 0 Å². The molecule has 11 nitrogen and oxygen atoms in total. The van der Waals surface area contributed by atoms with Crippen molar-refractivity contribution in [3.8, 4) is 0 Å². The molecule has 1 aromatic heterocycles. The van der Waals surface area contributed by atoms with E-state index in [0.717, 1.165) is 13.9 Å². The highest BCUT2D eigenvalue weighted by molar-refractivity contribution is 5.74. The van der Waals surface area contributed by atoms with Crippen molar-refractivity contribution in [2.24, 2.45) is 5.84 Å². The molecule has 1 aliphatic rings. The molecule has 4 N–H and O–H groups in total. The number of carboxylic acid groups (broad SMARTS) is 1. The highest BCUT2D eigenvalue weighted by Gasteiger charge is 2.25. The molecule has 0 fully saturated rings. The summed E-state index contributed by atoms with van der Waals surface area (Å²) < 4.78 is 7.28. The fraction of sp³-hybridized carbons (Fsp3) is 0.400. The second-order valence-corrected chi connectivity index (χ2v) is 4.16. The van der Waals surface area contributed by atoms with Gasteiger partial charge in [-0.2, -0.15) is 4.68 Å². The van der Waals surface area contributed by atoms with Gasteiger partial charge in [-0.25, -0.2) is 29.5 Å². The van der Waals surface area contributed by atoms with Crippen LogP contribution in [0.1, 0.15) is 12.6 Å².